The third-order valence-corrected chi connectivity index (χ3v) is 2.00. The van der Waals surface area contributed by atoms with E-state index in [-0.39, 0.29) is 36.9 Å². The summed E-state index contributed by atoms with van der Waals surface area (Å²) in [5, 5.41) is 5.48. The van der Waals surface area contributed by atoms with Crippen LogP contribution in [0.1, 0.15) is 0 Å². The van der Waals surface area contributed by atoms with Gasteiger partial charge in [0.25, 0.3) is 0 Å². The van der Waals surface area contributed by atoms with Crippen LogP contribution in [0.3, 0.4) is 0 Å². The van der Waals surface area contributed by atoms with Gasteiger partial charge in [0, 0.05) is 13.1 Å². The van der Waals surface area contributed by atoms with Crippen molar-refractivity contribution in [1.29, 1.82) is 0 Å². The molecule has 2 heterocycles. The van der Waals surface area contributed by atoms with Gasteiger partial charge in [-0.3, -0.25) is 9.69 Å². The predicted octanol–water partition coefficient (Wildman–Crippen LogP) is -1.07. The molecule has 3 amide bonds. The third-order valence-electron chi connectivity index (χ3n) is 2.00. The molecule has 2 fully saturated rings. The highest BCUT2D eigenvalue weighted by Crippen LogP contribution is 2.08. The van der Waals surface area contributed by atoms with Crippen molar-refractivity contribution in [2.45, 2.75) is 6.04 Å². The zero-order valence-electron chi connectivity index (χ0n) is 6.37. The Balaban J connectivity index is 0.000000720. The van der Waals surface area contributed by atoms with Crippen LogP contribution in [0.2, 0.25) is 0 Å². The number of carbonyl (C=O) groups is 2. The molecule has 0 aromatic carbocycles. The van der Waals surface area contributed by atoms with E-state index >= 15 is 0 Å². The first kappa shape index (κ1) is 9.28. The SMILES string of the molecule is Cl.O=C1CNC(=O)N1C1CNC1. The highest BCUT2D eigenvalue weighted by molar-refractivity contribution is 6.02. The zero-order valence-corrected chi connectivity index (χ0v) is 7.19. The van der Waals surface area contributed by atoms with Crippen molar-refractivity contribution in [3.63, 3.8) is 0 Å². The Hall–Kier alpha value is -0.810. The molecule has 2 aliphatic heterocycles. The maximum absolute atomic E-state index is 11.0. The topological polar surface area (TPSA) is 61.4 Å². The van der Waals surface area contributed by atoms with Crippen molar-refractivity contribution in [2.24, 2.45) is 0 Å². The number of hydrogen-bond acceptors (Lipinski definition) is 3. The van der Waals surface area contributed by atoms with Gasteiger partial charge < -0.3 is 10.6 Å². The molecule has 0 radical (unpaired) electrons. The van der Waals surface area contributed by atoms with Gasteiger partial charge in [0.1, 0.15) is 0 Å². The molecule has 0 aromatic heterocycles. The molecular formula is C6H10ClN3O2. The van der Waals surface area contributed by atoms with Gasteiger partial charge in [0.05, 0.1) is 12.6 Å². The Kier molecular flexibility index (Phi) is 2.54. The summed E-state index contributed by atoms with van der Waals surface area (Å²) in [4.78, 5) is 23.3. The molecule has 2 saturated heterocycles. The number of urea groups is 1. The van der Waals surface area contributed by atoms with Crippen LogP contribution in [0.15, 0.2) is 0 Å². The largest absolute Gasteiger partial charge is 0.329 e. The van der Waals surface area contributed by atoms with Gasteiger partial charge in [0.15, 0.2) is 0 Å². The van der Waals surface area contributed by atoms with E-state index in [1.54, 1.807) is 0 Å². The molecule has 0 spiro atoms. The second kappa shape index (κ2) is 3.28. The Bertz CT molecular complexity index is 201. The summed E-state index contributed by atoms with van der Waals surface area (Å²) in [6.07, 6.45) is 0. The fraction of sp³-hybridized carbons (Fsp3) is 0.667. The molecule has 2 rings (SSSR count). The van der Waals surface area contributed by atoms with E-state index in [9.17, 15) is 9.59 Å². The molecule has 0 aliphatic carbocycles. The second-order valence-electron chi connectivity index (χ2n) is 2.73. The number of rotatable bonds is 1. The molecule has 68 valence electrons. The lowest BCUT2D eigenvalue weighted by Crippen LogP contribution is -2.59. The summed E-state index contributed by atoms with van der Waals surface area (Å²) < 4.78 is 0. The molecule has 12 heavy (non-hydrogen) atoms. The van der Waals surface area contributed by atoms with Crippen molar-refractivity contribution < 1.29 is 9.59 Å². The van der Waals surface area contributed by atoms with E-state index in [2.05, 4.69) is 10.6 Å². The van der Waals surface area contributed by atoms with Crippen molar-refractivity contribution >= 4 is 24.3 Å². The molecule has 2 aliphatic rings. The average molecular weight is 192 g/mol. The maximum Gasteiger partial charge on any atom is 0.324 e. The number of nitrogens with one attached hydrogen (secondary N) is 2. The first-order valence-electron chi connectivity index (χ1n) is 3.59. The lowest BCUT2D eigenvalue weighted by Gasteiger charge is -2.32. The number of imide groups is 1. The minimum atomic E-state index is -0.249. The molecule has 0 atom stereocenters. The van der Waals surface area contributed by atoms with E-state index in [1.807, 2.05) is 0 Å². The van der Waals surface area contributed by atoms with Gasteiger partial charge in [-0.25, -0.2) is 4.79 Å². The van der Waals surface area contributed by atoms with Gasteiger partial charge in [0.2, 0.25) is 5.91 Å². The normalized spacial score (nSPS) is 23.2. The third kappa shape index (κ3) is 1.25. The van der Waals surface area contributed by atoms with Crippen LogP contribution in [-0.2, 0) is 4.79 Å². The molecular weight excluding hydrogens is 182 g/mol. The Morgan fingerprint density at radius 1 is 1.33 bits per heavy atom. The van der Waals surface area contributed by atoms with Crippen LogP contribution in [0.25, 0.3) is 0 Å². The number of halogens is 1. The highest BCUT2D eigenvalue weighted by Gasteiger charge is 2.37. The molecule has 6 heteroatoms. The summed E-state index contributed by atoms with van der Waals surface area (Å²) >= 11 is 0. The molecule has 5 nitrogen and oxygen atoms in total. The van der Waals surface area contributed by atoms with Gasteiger partial charge in [-0.05, 0) is 0 Å². The zero-order chi connectivity index (χ0) is 7.84. The quantitative estimate of drug-likeness (QED) is 0.519. The van der Waals surface area contributed by atoms with Crippen molar-refractivity contribution in [1.82, 2.24) is 15.5 Å². The molecule has 0 bridgehead atoms. The predicted molar refractivity (Wildman–Crippen MR) is 44.2 cm³/mol. The van der Waals surface area contributed by atoms with Crippen molar-refractivity contribution in [3.8, 4) is 0 Å². The first-order chi connectivity index (χ1) is 5.29. The van der Waals surface area contributed by atoms with E-state index in [0.717, 1.165) is 13.1 Å². The summed E-state index contributed by atoms with van der Waals surface area (Å²) in [6, 6.07) is -0.161. The lowest BCUT2D eigenvalue weighted by molar-refractivity contribution is -0.127. The standard InChI is InChI=1S/C6H9N3O2.ClH/c10-5-3-8-6(11)9(5)4-1-7-2-4;/h4,7H,1-3H2,(H,8,11);1H. The molecule has 0 saturated carbocycles. The summed E-state index contributed by atoms with van der Waals surface area (Å²) in [5.41, 5.74) is 0. The second-order valence-corrected chi connectivity index (χ2v) is 2.73. The van der Waals surface area contributed by atoms with E-state index in [4.69, 9.17) is 0 Å². The lowest BCUT2D eigenvalue weighted by atomic mass is 10.1. The summed E-state index contributed by atoms with van der Waals surface area (Å²) in [7, 11) is 0. The van der Waals surface area contributed by atoms with Gasteiger partial charge in [-0.15, -0.1) is 12.4 Å². The van der Waals surface area contributed by atoms with Crippen LogP contribution in [0.5, 0.6) is 0 Å². The Labute approximate surface area is 75.9 Å². The van der Waals surface area contributed by atoms with Crippen LogP contribution in [-0.4, -0.2) is 42.5 Å². The van der Waals surface area contributed by atoms with Crippen molar-refractivity contribution in [2.75, 3.05) is 19.6 Å². The van der Waals surface area contributed by atoms with Crippen LogP contribution in [0.4, 0.5) is 4.79 Å². The number of hydrogen-bond donors (Lipinski definition) is 2. The minimum Gasteiger partial charge on any atom is -0.329 e. The van der Waals surface area contributed by atoms with Crippen LogP contribution >= 0.6 is 12.4 Å². The highest BCUT2D eigenvalue weighted by atomic mass is 35.5. The molecule has 2 N–H and O–H groups in total. The number of carbonyl (C=O) groups excluding carboxylic acids is 2. The molecule has 0 unspecified atom stereocenters. The fourth-order valence-corrected chi connectivity index (χ4v) is 1.26. The fourth-order valence-electron chi connectivity index (χ4n) is 1.26. The number of amides is 3. The van der Waals surface area contributed by atoms with E-state index < -0.39 is 0 Å². The summed E-state index contributed by atoms with van der Waals surface area (Å²) in [5.74, 6) is -0.110. The first-order valence-corrected chi connectivity index (χ1v) is 3.59. The maximum atomic E-state index is 11.0. The minimum absolute atomic E-state index is 0. The van der Waals surface area contributed by atoms with Gasteiger partial charge in [-0.2, -0.15) is 0 Å². The monoisotopic (exact) mass is 191 g/mol. The smallest absolute Gasteiger partial charge is 0.324 e. The van der Waals surface area contributed by atoms with Crippen LogP contribution < -0.4 is 10.6 Å². The average Bonchev–Trinajstić information content (AvgIpc) is 2.15. The van der Waals surface area contributed by atoms with E-state index in [1.165, 1.54) is 4.90 Å². The molecule has 0 aromatic rings. The van der Waals surface area contributed by atoms with Crippen molar-refractivity contribution in [3.05, 3.63) is 0 Å². The van der Waals surface area contributed by atoms with E-state index in [0.29, 0.717) is 0 Å². The van der Waals surface area contributed by atoms with Gasteiger partial charge >= 0.3 is 6.03 Å². The van der Waals surface area contributed by atoms with Gasteiger partial charge in [-0.1, -0.05) is 0 Å². The summed E-state index contributed by atoms with van der Waals surface area (Å²) in [6.45, 7) is 1.63. The van der Waals surface area contributed by atoms with Crippen LogP contribution in [0, 0.1) is 0 Å². The Morgan fingerprint density at radius 2 is 2.00 bits per heavy atom. The Morgan fingerprint density at radius 3 is 2.33 bits per heavy atom. The number of nitrogens with zero attached hydrogens (tertiary/aromatic N) is 1.